The van der Waals surface area contributed by atoms with Gasteiger partial charge in [0.15, 0.2) is 0 Å². The molecular weight excluding hydrogens is 893 g/mol. The van der Waals surface area contributed by atoms with Gasteiger partial charge in [-0.1, -0.05) is 31.5 Å². The average molecular weight is 937 g/mol. The zero-order valence-electron chi connectivity index (χ0n) is 37.9. The van der Waals surface area contributed by atoms with Gasteiger partial charge in [-0.25, -0.2) is 37.1 Å². The van der Waals surface area contributed by atoms with Crippen LogP contribution in [-0.4, -0.2) is 65.0 Å². The maximum absolute atomic E-state index is 14.7. The summed E-state index contributed by atoms with van der Waals surface area (Å²) in [6, 6.07) is 23.9. The average Bonchev–Trinajstić information content (AvgIpc) is 3.82. The zero-order valence-corrected chi connectivity index (χ0v) is 38.9. The van der Waals surface area contributed by atoms with Gasteiger partial charge in [0.05, 0.1) is 33.9 Å². The fourth-order valence-electron chi connectivity index (χ4n) is 7.80. The molecule has 8 rings (SSSR count). The summed E-state index contributed by atoms with van der Waals surface area (Å²) < 4.78 is 76.3. The van der Waals surface area contributed by atoms with Crippen molar-refractivity contribution < 1.29 is 46.5 Å². The number of ether oxygens (including phenoxy) is 3. The molecule has 0 bridgehead atoms. The standard InChI is InChI=1S/C29H28F2N2O3Si.C24H16F2N2O3/c1-6-36-29(34)27-26(22-8-7-14-32-28(22)35-2)23-16-19(13-15-37(3,4)5)9-12-25(23)33(27)18-20-17-21(30)10-11-24(20)31;1-3-14-6-9-20-18(11-14)21(17-5-4-10-27-23(17)31-2)22(24(29)30)28(20)13-15-12-16(25)7-8-19(15)26/h7-12,14,16-17H,6,18H2,1-5H3;1,4-12H,13H2,2H3,(H,29,30). The third kappa shape index (κ3) is 9.99. The molecule has 0 unspecified atom stereocenters. The first-order chi connectivity index (χ1) is 32.6. The molecule has 68 heavy (non-hydrogen) atoms. The number of methoxy groups -OCH3 is 2. The molecule has 0 atom stereocenters. The number of pyridine rings is 2. The Morgan fingerprint density at radius 2 is 1.18 bits per heavy atom. The highest BCUT2D eigenvalue weighted by atomic mass is 28.3. The minimum absolute atomic E-state index is 0.0186. The molecule has 4 heterocycles. The first-order valence-electron chi connectivity index (χ1n) is 21.2. The number of terminal acetylenes is 1. The summed E-state index contributed by atoms with van der Waals surface area (Å²) >= 11 is 0. The van der Waals surface area contributed by atoms with E-state index in [9.17, 15) is 32.3 Å². The number of benzene rings is 4. The summed E-state index contributed by atoms with van der Waals surface area (Å²) in [5.74, 6) is 2.13. The molecule has 8 aromatic rings. The van der Waals surface area contributed by atoms with Crippen molar-refractivity contribution in [2.24, 2.45) is 0 Å². The zero-order chi connectivity index (χ0) is 48.9. The van der Waals surface area contributed by atoms with E-state index in [2.05, 4.69) is 47.0 Å². The summed E-state index contributed by atoms with van der Waals surface area (Å²) in [7, 11) is 1.29. The number of carbonyl (C=O) groups excluding carboxylic acids is 1. The number of fused-ring (bicyclic) bond motifs is 2. The molecule has 0 saturated heterocycles. The minimum Gasteiger partial charge on any atom is -0.481 e. The molecule has 4 aromatic heterocycles. The van der Waals surface area contributed by atoms with Crippen molar-refractivity contribution >= 4 is 41.8 Å². The molecule has 0 radical (unpaired) electrons. The number of hydrogen-bond donors (Lipinski definition) is 1. The third-order valence-electron chi connectivity index (χ3n) is 10.7. The number of halogens is 4. The van der Waals surface area contributed by atoms with Gasteiger partial charge in [-0.2, -0.15) is 0 Å². The summed E-state index contributed by atoms with van der Waals surface area (Å²) in [6.45, 7) is 8.06. The number of nitrogens with zero attached hydrogens (tertiary/aromatic N) is 4. The lowest BCUT2D eigenvalue weighted by molar-refractivity contribution is 0.0515. The molecule has 10 nitrogen and oxygen atoms in total. The summed E-state index contributed by atoms with van der Waals surface area (Å²) in [6.07, 6.45) is 8.67. The van der Waals surface area contributed by atoms with Crippen molar-refractivity contribution in [3.8, 4) is 57.8 Å². The fourth-order valence-corrected chi connectivity index (χ4v) is 8.32. The van der Waals surface area contributed by atoms with Gasteiger partial charge in [0.1, 0.15) is 42.7 Å². The smallest absolute Gasteiger partial charge is 0.355 e. The van der Waals surface area contributed by atoms with E-state index in [1.807, 2.05) is 18.2 Å². The van der Waals surface area contributed by atoms with E-state index in [1.165, 1.54) is 25.0 Å². The molecule has 0 aliphatic carbocycles. The lowest BCUT2D eigenvalue weighted by Gasteiger charge is -2.13. The number of hydrogen-bond acceptors (Lipinski definition) is 7. The Labute approximate surface area is 390 Å². The number of aromatic nitrogens is 4. The highest BCUT2D eigenvalue weighted by Crippen LogP contribution is 2.42. The second-order valence-corrected chi connectivity index (χ2v) is 21.1. The molecule has 4 aromatic carbocycles. The topological polar surface area (TPSA) is 118 Å². The van der Waals surface area contributed by atoms with E-state index in [0.29, 0.717) is 55.5 Å². The van der Waals surface area contributed by atoms with Crippen LogP contribution in [-0.2, 0) is 17.8 Å². The number of carbonyl (C=O) groups is 2. The molecule has 0 aliphatic heterocycles. The van der Waals surface area contributed by atoms with Gasteiger partial charge in [0.25, 0.3) is 0 Å². The normalized spacial score (nSPS) is 11.0. The van der Waals surface area contributed by atoms with Crippen LogP contribution in [0.15, 0.2) is 109 Å². The van der Waals surface area contributed by atoms with Gasteiger partial charge in [-0.15, -0.1) is 12.0 Å². The molecule has 344 valence electrons. The largest absolute Gasteiger partial charge is 0.481 e. The fraction of sp³-hybridized carbons (Fsp3) is 0.170. The second-order valence-electron chi connectivity index (χ2n) is 16.3. The van der Waals surface area contributed by atoms with Gasteiger partial charge < -0.3 is 28.5 Å². The van der Waals surface area contributed by atoms with E-state index in [4.69, 9.17) is 20.6 Å². The van der Waals surface area contributed by atoms with Crippen molar-refractivity contribution in [3.05, 3.63) is 166 Å². The van der Waals surface area contributed by atoms with E-state index in [0.717, 1.165) is 42.0 Å². The van der Waals surface area contributed by atoms with Crippen molar-refractivity contribution in [2.45, 2.75) is 39.7 Å². The molecule has 0 saturated carbocycles. The Morgan fingerprint density at radius 1 is 0.691 bits per heavy atom. The maximum Gasteiger partial charge on any atom is 0.355 e. The third-order valence-corrected chi connectivity index (χ3v) is 11.6. The lowest BCUT2D eigenvalue weighted by Crippen LogP contribution is -2.16. The van der Waals surface area contributed by atoms with Crippen LogP contribution in [0, 0.1) is 47.1 Å². The van der Waals surface area contributed by atoms with Crippen LogP contribution in [0.1, 0.15) is 50.2 Å². The number of rotatable bonds is 11. The van der Waals surface area contributed by atoms with Gasteiger partial charge in [-0.05, 0) is 104 Å². The van der Waals surface area contributed by atoms with Crippen molar-refractivity contribution in [3.63, 3.8) is 0 Å². The molecule has 15 heteroatoms. The van der Waals surface area contributed by atoms with Crippen molar-refractivity contribution in [1.29, 1.82) is 0 Å². The lowest BCUT2D eigenvalue weighted by atomic mass is 10.0. The van der Waals surface area contributed by atoms with Gasteiger partial charge in [0, 0.05) is 78.7 Å². The van der Waals surface area contributed by atoms with Crippen LogP contribution in [0.2, 0.25) is 19.6 Å². The summed E-state index contributed by atoms with van der Waals surface area (Å²) in [4.78, 5) is 34.3. The van der Waals surface area contributed by atoms with Crippen LogP contribution in [0.3, 0.4) is 0 Å². The Kier molecular flexibility index (Phi) is 14.2. The van der Waals surface area contributed by atoms with E-state index >= 15 is 0 Å². The van der Waals surface area contributed by atoms with Gasteiger partial charge in [-0.3, -0.25) is 0 Å². The predicted octanol–water partition coefficient (Wildman–Crippen LogP) is 11.2. The quantitative estimate of drug-likeness (QED) is 0.0590. The van der Waals surface area contributed by atoms with Crippen LogP contribution in [0.4, 0.5) is 17.6 Å². The molecule has 0 aliphatic rings. The number of aromatic carboxylic acids is 1. The second kappa shape index (κ2) is 20.2. The molecular formula is C53H44F4N4O6Si. The molecule has 0 spiro atoms. The number of carboxylic acid groups (broad SMARTS) is 1. The maximum atomic E-state index is 14.7. The molecule has 0 amide bonds. The summed E-state index contributed by atoms with van der Waals surface area (Å²) in [5.41, 5.74) is 7.93. The first kappa shape index (κ1) is 47.8. The molecule has 0 fully saturated rings. The van der Waals surface area contributed by atoms with E-state index in [1.54, 1.807) is 60.2 Å². The Bertz CT molecular complexity index is 3360. The Hall–Kier alpha value is -8.14. The van der Waals surface area contributed by atoms with Crippen LogP contribution < -0.4 is 9.47 Å². The van der Waals surface area contributed by atoms with Crippen molar-refractivity contribution in [1.82, 2.24) is 19.1 Å². The number of esters is 1. The van der Waals surface area contributed by atoms with E-state index in [-0.39, 0.29) is 48.1 Å². The minimum atomic E-state index is -1.64. The number of carboxylic acids is 1. The Morgan fingerprint density at radius 3 is 1.65 bits per heavy atom. The molecule has 1 N–H and O–H groups in total. The summed E-state index contributed by atoms with van der Waals surface area (Å²) in [5, 5.41) is 11.4. The van der Waals surface area contributed by atoms with Crippen molar-refractivity contribution in [2.75, 3.05) is 20.8 Å². The first-order valence-corrected chi connectivity index (χ1v) is 24.7. The SMILES string of the molecule is C#Cc1ccc2c(c1)c(-c1cccnc1OC)c(C(=O)O)n2Cc1cc(F)ccc1F.CCOC(=O)c1c(-c2cccnc2OC)c2cc(C#C[Si](C)(C)C)ccc2n1Cc1cc(F)ccc1F. The van der Waals surface area contributed by atoms with E-state index < -0.39 is 43.3 Å². The highest BCUT2D eigenvalue weighted by Gasteiger charge is 2.29. The highest BCUT2D eigenvalue weighted by molar-refractivity contribution is 6.83. The predicted molar refractivity (Wildman–Crippen MR) is 255 cm³/mol. The van der Waals surface area contributed by atoms with Crippen LogP contribution >= 0.6 is 0 Å². The van der Waals surface area contributed by atoms with Gasteiger partial charge in [0.2, 0.25) is 11.8 Å². The van der Waals surface area contributed by atoms with Crippen LogP contribution in [0.5, 0.6) is 11.8 Å². The van der Waals surface area contributed by atoms with Crippen LogP contribution in [0.25, 0.3) is 44.1 Å². The monoisotopic (exact) mass is 936 g/mol. The Balaban J connectivity index is 0.000000204. The van der Waals surface area contributed by atoms with Gasteiger partial charge >= 0.3 is 11.9 Å².